The molecule has 0 aromatic carbocycles. The van der Waals surface area contributed by atoms with E-state index in [1.807, 2.05) is 6.92 Å². The van der Waals surface area contributed by atoms with Gasteiger partial charge < -0.3 is 9.84 Å². The molecule has 0 radical (unpaired) electrons. The third-order valence-electron chi connectivity index (χ3n) is 5.16. The number of nitrogens with zero attached hydrogens (tertiary/aromatic N) is 1. The molecule has 2 fully saturated rings. The summed E-state index contributed by atoms with van der Waals surface area (Å²) in [6, 6.07) is 0.347. The summed E-state index contributed by atoms with van der Waals surface area (Å²) in [7, 11) is 0. The highest BCUT2D eigenvalue weighted by Gasteiger charge is 2.46. The molecule has 3 unspecified atom stereocenters. The lowest BCUT2D eigenvalue weighted by atomic mass is 9.82. The first kappa shape index (κ1) is 14.8. The van der Waals surface area contributed by atoms with E-state index in [9.17, 15) is 9.90 Å². The fourth-order valence-electron chi connectivity index (χ4n) is 3.57. The Hall–Kier alpha value is -0.610. The van der Waals surface area contributed by atoms with Gasteiger partial charge in [-0.05, 0) is 58.9 Å². The molecule has 4 heteroatoms. The highest BCUT2D eigenvalue weighted by molar-refractivity contribution is 5.78. The lowest BCUT2D eigenvalue weighted by Crippen LogP contribution is -2.61. The third-order valence-corrected chi connectivity index (χ3v) is 5.16. The standard InChI is InChI=1S/C15H27NO3/c1-4-14(2)11-12(7-10-19-14)16-9-6-5-8-15(16,3)13(17)18/h12H,4-11H2,1-3H3,(H,17,18). The Kier molecular flexibility index (Phi) is 4.21. The van der Waals surface area contributed by atoms with E-state index in [0.29, 0.717) is 6.04 Å². The molecule has 0 aromatic heterocycles. The van der Waals surface area contributed by atoms with Crippen LogP contribution in [0.15, 0.2) is 0 Å². The molecule has 0 aliphatic carbocycles. The van der Waals surface area contributed by atoms with Crippen molar-refractivity contribution >= 4 is 5.97 Å². The van der Waals surface area contributed by atoms with Crippen LogP contribution in [0, 0.1) is 0 Å². The first-order chi connectivity index (χ1) is 8.91. The summed E-state index contributed by atoms with van der Waals surface area (Å²) in [4.78, 5) is 13.9. The molecule has 0 bridgehead atoms. The molecule has 0 aromatic rings. The minimum atomic E-state index is -0.686. The molecule has 0 saturated carbocycles. The lowest BCUT2D eigenvalue weighted by molar-refractivity contribution is -0.162. The van der Waals surface area contributed by atoms with E-state index in [-0.39, 0.29) is 5.60 Å². The second-order valence-corrected chi connectivity index (χ2v) is 6.53. The molecule has 1 N–H and O–H groups in total. The molecule has 2 saturated heterocycles. The maximum Gasteiger partial charge on any atom is 0.323 e. The highest BCUT2D eigenvalue weighted by Crippen LogP contribution is 2.37. The molecule has 2 heterocycles. The second-order valence-electron chi connectivity index (χ2n) is 6.53. The number of ether oxygens (including phenoxy) is 1. The van der Waals surface area contributed by atoms with E-state index < -0.39 is 11.5 Å². The molecular formula is C15H27NO3. The van der Waals surface area contributed by atoms with Gasteiger partial charge >= 0.3 is 5.97 Å². The average molecular weight is 269 g/mol. The average Bonchev–Trinajstić information content (AvgIpc) is 2.39. The third kappa shape index (κ3) is 2.79. The summed E-state index contributed by atoms with van der Waals surface area (Å²) < 4.78 is 5.89. The van der Waals surface area contributed by atoms with E-state index in [4.69, 9.17) is 4.74 Å². The van der Waals surface area contributed by atoms with E-state index >= 15 is 0 Å². The van der Waals surface area contributed by atoms with Crippen LogP contribution >= 0.6 is 0 Å². The van der Waals surface area contributed by atoms with E-state index in [1.165, 1.54) is 0 Å². The van der Waals surface area contributed by atoms with Crippen LogP contribution in [-0.2, 0) is 9.53 Å². The monoisotopic (exact) mass is 269 g/mol. The number of aliphatic carboxylic acids is 1. The van der Waals surface area contributed by atoms with Gasteiger partial charge in [0.1, 0.15) is 5.54 Å². The van der Waals surface area contributed by atoms with Crippen molar-refractivity contribution in [2.24, 2.45) is 0 Å². The minimum Gasteiger partial charge on any atom is -0.480 e. The highest BCUT2D eigenvalue weighted by atomic mass is 16.5. The Morgan fingerprint density at radius 1 is 1.42 bits per heavy atom. The predicted molar refractivity (Wildman–Crippen MR) is 74.3 cm³/mol. The van der Waals surface area contributed by atoms with Crippen LogP contribution in [0.4, 0.5) is 0 Å². The number of carboxylic acid groups (broad SMARTS) is 1. The Bertz CT molecular complexity index is 346. The summed E-state index contributed by atoms with van der Waals surface area (Å²) in [6.07, 6.45) is 5.80. The molecule has 2 rings (SSSR count). The van der Waals surface area contributed by atoms with Crippen LogP contribution < -0.4 is 0 Å². The summed E-state index contributed by atoms with van der Waals surface area (Å²) in [5.74, 6) is -0.670. The lowest BCUT2D eigenvalue weighted by Gasteiger charge is -2.50. The maximum absolute atomic E-state index is 11.7. The largest absolute Gasteiger partial charge is 0.480 e. The van der Waals surface area contributed by atoms with Gasteiger partial charge in [-0.2, -0.15) is 0 Å². The smallest absolute Gasteiger partial charge is 0.323 e. The zero-order chi connectivity index (χ0) is 14.1. The zero-order valence-electron chi connectivity index (χ0n) is 12.4. The number of rotatable bonds is 3. The number of hydrogen-bond donors (Lipinski definition) is 1. The van der Waals surface area contributed by atoms with Crippen LogP contribution in [0.2, 0.25) is 0 Å². The van der Waals surface area contributed by atoms with E-state index in [2.05, 4.69) is 18.7 Å². The Morgan fingerprint density at radius 2 is 2.16 bits per heavy atom. The van der Waals surface area contributed by atoms with E-state index in [1.54, 1.807) is 0 Å². The van der Waals surface area contributed by atoms with Gasteiger partial charge in [0.05, 0.1) is 5.60 Å². The molecule has 2 aliphatic rings. The van der Waals surface area contributed by atoms with Crippen LogP contribution in [0.5, 0.6) is 0 Å². The van der Waals surface area contributed by atoms with Gasteiger partial charge in [0.2, 0.25) is 0 Å². The molecule has 0 amide bonds. The predicted octanol–water partition coefficient (Wildman–Crippen LogP) is 2.66. The summed E-state index contributed by atoms with van der Waals surface area (Å²) in [5.41, 5.74) is -0.769. The minimum absolute atomic E-state index is 0.0836. The number of carbonyl (C=O) groups is 1. The second kappa shape index (κ2) is 5.41. The fourth-order valence-corrected chi connectivity index (χ4v) is 3.57. The number of carboxylic acids is 1. The molecule has 110 valence electrons. The number of piperidine rings is 1. The van der Waals surface area contributed by atoms with Crippen molar-refractivity contribution in [3.63, 3.8) is 0 Å². The normalized spacial score (nSPS) is 41.1. The van der Waals surface area contributed by atoms with Crippen LogP contribution in [0.1, 0.15) is 59.3 Å². The first-order valence-corrected chi connectivity index (χ1v) is 7.55. The zero-order valence-corrected chi connectivity index (χ0v) is 12.4. The Balaban J connectivity index is 2.16. The van der Waals surface area contributed by atoms with Crippen molar-refractivity contribution in [3.8, 4) is 0 Å². The van der Waals surface area contributed by atoms with Gasteiger partial charge in [0.15, 0.2) is 0 Å². The quantitative estimate of drug-likeness (QED) is 0.855. The van der Waals surface area contributed by atoms with Crippen molar-refractivity contribution in [2.75, 3.05) is 13.2 Å². The van der Waals surface area contributed by atoms with Crippen molar-refractivity contribution in [2.45, 2.75) is 76.5 Å². The van der Waals surface area contributed by atoms with Crippen LogP contribution in [0.25, 0.3) is 0 Å². The SMILES string of the molecule is CCC1(C)CC(N2CCCCC2(C)C(=O)O)CCO1. The summed E-state index contributed by atoms with van der Waals surface area (Å²) in [6.45, 7) is 7.86. The van der Waals surface area contributed by atoms with Crippen molar-refractivity contribution in [3.05, 3.63) is 0 Å². The van der Waals surface area contributed by atoms with Gasteiger partial charge in [-0.15, -0.1) is 0 Å². The van der Waals surface area contributed by atoms with Crippen molar-refractivity contribution in [1.82, 2.24) is 4.90 Å². The number of hydrogen-bond acceptors (Lipinski definition) is 3. The van der Waals surface area contributed by atoms with Gasteiger partial charge in [0, 0.05) is 12.6 Å². The maximum atomic E-state index is 11.7. The number of likely N-dealkylation sites (tertiary alicyclic amines) is 1. The summed E-state index contributed by atoms with van der Waals surface area (Å²) in [5, 5.41) is 9.61. The van der Waals surface area contributed by atoms with Gasteiger partial charge in [-0.1, -0.05) is 6.92 Å². The molecule has 2 aliphatic heterocycles. The Labute approximate surface area is 116 Å². The molecular weight excluding hydrogens is 242 g/mol. The van der Waals surface area contributed by atoms with Gasteiger partial charge in [-0.25, -0.2) is 0 Å². The molecule has 3 atom stereocenters. The Morgan fingerprint density at radius 3 is 2.79 bits per heavy atom. The molecule has 0 spiro atoms. The van der Waals surface area contributed by atoms with Crippen molar-refractivity contribution < 1.29 is 14.6 Å². The van der Waals surface area contributed by atoms with Crippen LogP contribution in [-0.4, -0.2) is 46.3 Å². The van der Waals surface area contributed by atoms with E-state index in [0.717, 1.165) is 51.7 Å². The first-order valence-electron chi connectivity index (χ1n) is 7.55. The van der Waals surface area contributed by atoms with Gasteiger partial charge in [0.25, 0.3) is 0 Å². The topological polar surface area (TPSA) is 49.8 Å². The fraction of sp³-hybridized carbons (Fsp3) is 0.933. The molecule has 4 nitrogen and oxygen atoms in total. The summed E-state index contributed by atoms with van der Waals surface area (Å²) >= 11 is 0. The van der Waals surface area contributed by atoms with Crippen LogP contribution in [0.3, 0.4) is 0 Å². The van der Waals surface area contributed by atoms with Crippen molar-refractivity contribution in [1.29, 1.82) is 0 Å². The van der Waals surface area contributed by atoms with Gasteiger partial charge in [-0.3, -0.25) is 9.69 Å². The molecule has 19 heavy (non-hydrogen) atoms.